The fourth-order valence-corrected chi connectivity index (χ4v) is 1.46. The average Bonchev–Trinajstić information content (AvgIpc) is 2.77. The van der Waals surface area contributed by atoms with E-state index < -0.39 is 5.91 Å². The van der Waals surface area contributed by atoms with E-state index in [9.17, 15) is 9.59 Å². The van der Waals surface area contributed by atoms with Crippen molar-refractivity contribution in [3.05, 3.63) is 12.2 Å². The first-order valence-electron chi connectivity index (χ1n) is 4.30. The van der Waals surface area contributed by atoms with Gasteiger partial charge in [0.1, 0.15) is 0 Å². The van der Waals surface area contributed by atoms with Crippen LogP contribution in [0.1, 0.15) is 25.2 Å². The summed E-state index contributed by atoms with van der Waals surface area (Å²) in [6.07, 6.45) is 1.48. The van der Waals surface area contributed by atoms with Crippen molar-refractivity contribution in [2.75, 3.05) is 6.54 Å². The number of Topliss-reactive ketones (excluding diaryl/α,β-unsaturated/α-hetero) is 1. The van der Waals surface area contributed by atoms with E-state index in [2.05, 4.69) is 14.7 Å². The van der Waals surface area contributed by atoms with Gasteiger partial charge in [0.2, 0.25) is 12.2 Å². The zero-order valence-corrected chi connectivity index (χ0v) is 7.64. The molecular formula is C8H9N3O3. The van der Waals surface area contributed by atoms with Crippen LogP contribution in [0, 0.1) is 0 Å². The SMILES string of the molecule is CC(c1ncon1)N1CCC(=O)C1=O. The highest BCUT2D eigenvalue weighted by Crippen LogP contribution is 2.20. The summed E-state index contributed by atoms with van der Waals surface area (Å²) in [5, 5.41) is 3.63. The van der Waals surface area contributed by atoms with E-state index in [4.69, 9.17) is 0 Å². The molecule has 14 heavy (non-hydrogen) atoms. The summed E-state index contributed by atoms with van der Waals surface area (Å²) in [6.45, 7) is 2.20. The largest absolute Gasteiger partial charge is 0.343 e. The van der Waals surface area contributed by atoms with Crippen LogP contribution in [-0.2, 0) is 9.59 Å². The van der Waals surface area contributed by atoms with Crippen LogP contribution in [0.4, 0.5) is 0 Å². The number of carbonyl (C=O) groups is 2. The molecule has 1 saturated heterocycles. The molecule has 6 heteroatoms. The third-order valence-corrected chi connectivity index (χ3v) is 2.30. The van der Waals surface area contributed by atoms with Gasteiger partial charge in [0.25, 0.3) is 5.91 Å². The van der Waals surface area contributed by atoms with Crippen LogP contribution in [0.5, 0.6) is 0 Å². The predicted octanol–water partition coefficient (Wildman–Crippen LogP) is -0.0680. The Morgan fingerprint density at radius 1 is 1.57 bits per heavy atom. The standard InChI is InChI=1S/C8H9N3O3/c1-5(7-9-4-14-10-7)11-3-2-6(12)8(11)13/h4-5H,2-3H2,1H3. The summed E-state index contributed by atoms with van der Waals surface area (Å²) in [5.74, 6) is -0.379. The molecule has 2 heterocycles. The number of rotatable bonds is 2. The zero-order valence-electron chi connectivity index (χ0n) is 7.64. The van der Waals surface area contributed by atoms with Gasteiger partial charge in [-0.05, 0) is 6.92 Å². The molecule has 1 atom stereocenters. The smallest absolute Gasteiger partial charge is 0.290 e. The summed E-state index contributed by atoms with van der Waals surface area (Å²) < 4.78 is 4.57. The molecule has 1 aliphatic rings. The number of nitrogens with zero attached hydrogens (tertiary/aromatic N) is 3. The average molecular weight is 195 g/mol. The molecule has 0 aromatic carbocycles. The summed E-state index contributed by atoms with van der Waals surface area (Å²) in [5.41, 5.74) is 0. The maximum Gasteiger partial charge on any atom is 0.290 e. The lowest BCUT2D eigenvalue weighted by Crippen LogP contribution is -2.30. The molecule has 2 rings (SSSR count). The van der Waals surface area contributed by atoms with Crippen LogP contribution in [0.15, 0.2) is 10.9 Å². The van der Waals surface area contributed by atoms with Gasteiger partial charge in [0.05, 0.1) is 6.04 Å². The molecule has 0 aliphatic carbocycles. The highest BCUT2D eigenvalue weighted by molar-refractivity contribution is 6.37. The number of aromatic nitrogens is 2. The van der Waals surface area contributed by atoms with E-state index in [0.717, 1.165) is 0 Å². The molecule has 0 bridgehead atoms. The van der Waals surface area contributed by atoms with Crippen LogP contribution in [0.2, 0.25) is 0 Å². The van der Waals surface area contributed by atoms with Gasteiger partial charge < -0.3 is 9.42 Å². The summed E-state index contributed by atoms with van der Waals surface area (Å²) in [4.78, 5) is 27.6. The van der Waals surface area contributed by atoms with Crippen molar-refractivity contribution in [1.29, 1.82) is 0 Å². The maximum atomic E-state index is 11.3. The molecular weight excluding hydrogens is 186 g/mol. The van der Waals surface area contributed by atoms with Crippen LogP contribution >= 0.6 is 0 Å². The first-order chi connectivity index (χ1) is 6.70. The Bertz CT molecular complexity index is 360. The Labute approximate surface area is 79.9 Å². The van der Waals surface area contributed by atoms with Crippen molar-refractivity contribution in [3.63, 3.8) is 0 Å². The van der Waals surface area contributed by atoms with Crippen molar-refractivity contribution >= 4 is 11.7 Å². The highest BCUT2D eigenvalue weighted by Gasteiger charge is 2.34. The molecule has 1 aliphatic heterocycles. The minimum Gasteiger partial charge on any atom is -0.343 e. The van der Waals surface area contributed by atoms with Gasteiger partial charge in [-0.2, -0.15) is 4.98 Å². The van der Waals surface area contributed by atoms with Gasteiger partial charge in [-0.3, -0.25) is 9.59 Å². The fourth-order valence-electron chi connectivity index (χ4n) is 1.46. The molecule has 1 aromatic rings. The van der Waals surface area contributed by atoms with E-state index in [1.54, 1.807) is 6.92 Å². The highest BCUT2D eigenvalue weighted by atomic mass is 16.5. The van der Waals surface area contributed by atoms with Crippen molar-refractivity contribution < 1.29 is 14.1 Å². The normalized spacial score (nSPS) is 19.1. The Morgan fingerprint density at radius 3 is 2.86 bits per heavy atom. The predicted molar refractivity (Wildman–Crippen MR) is 44.1 cm³/mol. The summed E-state index contributed by atoms with van der Waals surface area (Å²) in [7, 11) is 0. The van der Waals surface area contributed by atoms with Crippen molar-refractivity contribution in [3.8, 4) is 0 Å². The van der Waals surface area contributed by atoms with Gasteiger partial charge >= 0.3 is 0 Å². The third-order valence-electron chi connectivity index (χ3n) is 2.30. The van der Waals surface area contributed by atoms with Crippen LogP contribution in [0.25, 0.3) is 0 Å². The third kappa shape index (κ3) is 1.28. The molecule has 0 N–H and O–H groups in total. The van der Waals surface area contributed by atoms with Crippen molar-refractivity contribution in [2.45, 2.75) is 19.4 Å². The van der Waals surface area contributed by atoms with Crippen molar-refractivity contribution in [1.82, 2.24) is 15.0 Å². The minimum absolute atomic E-state index is 0.279. The molecule has 0 radical (unpaired) electrons. The molecule has 0 saturated carbocycles. The fraction of sp³-hybridized carbons (Fsp3) is 0.500. The first-order valence-corrected chi connectivity index (χ1v) is 4.30. The van der Waals surface area contributed by atoms with E-state index in [1.807, 2.05) is 0 Å². The Hall–Kier alpha value is -1.72. The Balaban J connectivity index is 2.17. The van der Waals surface area contributed by atoms with Gasteiger partial charge in [-0.25, -0.2) is 0 Å². The first kappa shape index (κ1) is 8.86. The van der Waals surface area contributed by atoms with Crippen molar-refractivity contribution in [2.24, 2.45) is 0 Å². The van der Waals surface area contributed by atoms with Crippen LogP contribution in [0.3, 0.4) is 0 Å². The number of hydrogen-bond donors (Lipinski definition) is 0. The topological polar surface area (TPSA) is 76.3 Å². The maximum absolute atomic E-state index is 11.3. The second-order valence-corrected chi connectivity index (χ2v) is 3.14. The van der Waals surface area contributed by atoms with Crippen LogP contribution < -0.4 is 0 Å². The molecule has 1 amide bonds. The quantitative estimate of drug-likeness (QED) is 0.617. The van der Waals surface area contributed by atoms with Gasteiger partial charge in [0, 0.05) is 13.0 Å². The number of hydrogen-bond acceptors (Lipinski definition) is 5. The number of likely N-dealkylation sites (tertiary alicyclic amines) is 1. The Morgan fingerprint density at radius 2 is 2.36 bits per heavy atom. The molecule has 1 unspecified atom stereocenters. The second kappa shape index (κ2) is 3.21. The van der Waals surface area contributed by atoms with E-state index in [1.165, 1.54) is 11.3 Å². The second-order valence-electron chi connectivity index (χ2n) is 3.14. The number of ketones is 1. The monoisotopic (exact) mass is 195 g/mol. The minimum atomic E-state index is -0.456. The molecule has 0 spiro atoms. The number of amides is 1. The number of carbonyl (C=O) groups excluding carboxylic acids is 2. The molecule has 6 nitrogen and oxygen atoms in total. The lowest BCUT2D eigenvalue weighted by atomic mass is 10.3. The summed E-state index contributed by atoms with van der Waals surface area (Å²) >= 11 is 0. The van der Waals surface area contributed by atoms with E-state index in [0.29, 0.717) is 12.4 Å². The van der Waals surface area contributed by atoms with Gasteiger partial charge in [-0.15, -0.1) is 0 Å². The zero-order chi connectivity index (χ0) is 10.1. The Kier molecular flexibility index (Phi) is 2.03. The molecule has 74 valence electrons. The van der Waals surface area contributed by atoms with E-state index >= 15 is 0 Å². The molecule has 1 fully saturated rings. The summed E-state index contributed by atoms with van der Waals surface area (Å²) in [6, 6.07) is -0.298. The molecule has 1 aromatic heterocycles. The van der Waals surface area contributed by atoms with E-state index in [-0.39, 0.29) is 18.2 Å². The van der Waals surface area contributed by atoms with Gasteiger partial charge in [-0.1, -0.05) is 5.16 Å². The lowest BCUT2D eigenvalue weighted by molar-refractivity contribution is -0.141. The van der Waals surface area contributed by atoms with Crippen LogP contribution in [-0.4, -0.2) is 33.3 Å². The lowest BCUT2D eigenvalue weighted by Gasteiger charge is -2.19. The van der Waals surface area contributed by atoms with Gasteiger partial charge in [0.15, 0.2) is 5.82 Å².